The maximum Gasteiger partial charge on any atom is 0.303 e. The minimum absolute atomic E-state index is 0.0490. The summed E-state index contributed by atoms with van der Waals surface area (Å²) in [5.41, 5.74) is 0. The number of carboxylic acid groups (broad SMARTS) is 1. The van der Waals surface area contributed by atoms with E-state index >= 15 is 0 Å². The Morgan fingerprint density at radius 2 is 2.15 bits per heavy atom. The van der Waals surface area contributed by atoms with E-state index in [9.17, 15) is 9.59 Å². The first-order valence-electron chi connectivity index (χ1n) is 4.28. The zero-order chi connectivity index (χ0) is 9.68. The van der Waals surface area contributed by atoms with Gasteiger partial charge in [0.2, 0.25) is 5.91 Å². The lowest BCUT2D eigenvalue weighted by atomic mass is 10.2. The Balaban J connectivity index is 1.93. The van der Waals surface area contributed by atoms with Crippen LogP contribution in [-0.4, -0.2) is 36.2 Å². The van der Waals surface area contributed by atoms with E-state index in [-0.39, 0.29) is 24.9 Å². The van der Waals surface area contributed by atoms with Crippen molar-refractivity contribution in [2.24, 2.45) is 0 Å². The Kier molecular flexibility index (Phi) is 3.70. The van der Waals surface area contributed by atoms with Crippen LogP contribution in [0.3, 0.4) is 0 Å². The third-order valence-electron chi connectivity index (χ3n) is 1.72. The first-order valence-corrected chi connectivity index (χ1v) is 4.28. The van der Waals surface area contributed by atoms with Crippen LogP contribution >= 0.6 is 0 Å². The van der Waals surface area contributed by atoms with Gasteiger partial charge in [0.05, 0.1) is 12.7 Å². The van der Waals surface area contributed by atoms with E-state index in [1.165, 1.54) is 0 Å². The monoisotopic (exact) mass is 187 g/mol. The molecule has 1 rings (SSSR count). The minimum Gasteiger partial charge on any atom is -0.481 e. The zero-order valence-corrected chi connectivity index (χ0v) is 7.28. The smallest absolute Gasteiger partial charge is 0.303 e. The largest absolute Gasteiger partial charge is 0.481 e. The van der Waals surface area contributed by atoms with Crippen molar-refractivity contribution in [3.05, 3.63) is 0 Å². The van der Waals surface area contributed by atoms with Crippen LogP contribution in [0.15, 0.2) is 0 Å². The maximum atomic E-state index is 11.0. The number of carbonyl (C=O) groups is 2. The summed E-state index contributed by atoms with van der Waals surface area (Å²) < 4.78 is 4.89. The van der Waals surface area contributed by atoms with Crippen LogP contribution in [0.1, 0.15) is 19.3 Å². The van der Waals surface area contributed by atoms with Gasteiger partial charge in [0.25, 0.3) is 0 Å². The fourth-order valence-electron chi connectivity index (χ4n) is 0.902. The van der Waals surface area contributed by atoms with Gasteiger partial charge < -0.3 is 15.2 Å². The first-order chi connectivity index (χ1) is 6.18. The second-order valence-electron chi connectivity index (χ2n) is 3.01. The summed E-state index contributed by atoms with van der Waals surface area (Å²) >= 11 is 0. The van der Waals surface area contributed by atoms with Gasteiger partial charge in [0.15, 0.2) is 0 Å². The summed E-state index contributed by atoms with van der Waals surface area (Å²) in [6, 6.07) is 0. The van der Waals surface area contributed by atoms with Crippen molar-refractivity contribution in [2.75, 3.05) is 13.2 Å². The molecule has 0 aliphatic carbocycles. The minimum atomic E-state index is -0.863. The Morgan fingerprint density at radius 1 is 1.46 bits per heavy atom. The third-order valence-corrected chi connectivity index (χ3v) is 1.72. The number of carboxylic acids is 1. The lowest BCUT2D eigenvalue weighted by Gasteiger charge is -2.00. The number of amides is 1. The van der Waals surface area contributed by atoms with Gasteiger partial charge in [-0.25, -0.2) is 0 Å². The standard InChI is InChI=1S/C8H13NO4/c10-7(2-1-3-8(11)12)9-4-6-5-13-6/h6H,1-5H2,(H,9,10)(H,11,12)/t6-/m1/s1. The predicted octanol–water partition coefficient (Wildman–Crippen LogP) is -0.244. The third kappa shape index (κ3) is 5.19. The van der Waals surface area contributed by atoms with Crippen LogP contribution in [-0.2, 0) is 14.3 Å². The molecule has 0 spiro atoms. The van der Waals surface area contributed by atoms with E-state index in [1.54, 1.807) is 0 Å². The molecule has 74 valence electrons. The van der Waals surface area contributed by atoms with Gasteiger partial charge >= 0.3 is 5.97 Å². The van der Waals surface area contributed by atoms with Crippen LogP contribution in [0.2, 0.25) is 0 Å². The molecule has 0 aromatic heterocycles. The average Bonchev–Trinajstić information content (AvgIpc) is 2.83. The highest BCUT2D eigenvalue weighted by Gasteiger charge is 2.22. The summed E-state index contributed by atoms with van der Waals surface area (Å²) in [5.74, 6) is -0.963. The van der Waals surface area contributed by atoms with Crippen molar-refractivity contribution in [2.45, 2.75) is 25.4 Å². The Hall–Kier alpha value is -1.10. The van der Waals surface area contributed by atoms with Crippen molar-refractivity contribution in [3.63, 3.8) is 0 Å². The van der Waals surface area contributed by atoms with Crippen LogP contribution in [0.4, 0.5) is 0 Å². The molecule has 1 fully saturated rings. The number of epoxide rings is 1. The summed E-state index contributed by atoms with van der Waals surface area (Å²) in [4.78, 5) is 21.1. The van der Waals surface area contributed by atoms with Gasteiger partial charge in [-0.05, 0) is 6.42 Å². The molecule has 1 aliphatic heterocycles. The quantitative estimate of drug-likeness (QED) is 0.562. The molecule has 13 heavy (non-hydrogen) atoms. The molecule has 1 atom stereocenters. The van der Waals surface area contributed by atoms with Gasteiger partial charge in [-0.3, -0.25) is 9.59 Å². The predicted molar refractivity (Wildman–Crippen MR) is 44.2 cm³/mol. The van der Waals surface area contributed by atoms with Crippen LogP contribution in [0.5, 0.6) is 0 Å². The number of carbonyl (C=O) groups excluding carboxylic acids is 1. The van der Waals surface area contributed by atoms with Crippen molar-refractivity contribution in [1.82, 2.24) is 5.32 Å². The molecule has 1 amide bonds. The Morgan fingerprint density at radius 3 is 2.69 bits per heavy atom. The summed E-state index contributed by atoms with van der Waals surface area (Å²) in [7, 11) is 0. The maximum absolute atomic E-state index is 11.0. The highest BCUT2D eigenvalue weighted by molar-refractivity contribution is 5.76. The number of rotatable bonds is 6. The summed E-state index contributed by atoms with van der Waals surface area (Å²) in [5, 5.41) is 11.0. The van der Waals surface area contributed by atoms with Gasteiger partial charge in [-0.1, -0.05) is 0 Å². The first kappa shape index (κ1) is 9.98. The van der Waals surface area contributed by atoms with Crippen LogP contribution < -0.4 is 5.32 Å². The second kappa shape index (κ2) is 4.81. The van der Waals surface area contributed by atoms with E-state index in [4.69, 9.17) is 9.84 Å². The molecule has 0 saturated carbocycles. The van der Waals surface area contributed by atoms with E-state index < -0.39 is 5.97 Å². The van der Waals surface area contributed by atoms with E-state index in [2.05, 4.69) is 5.32 Å². The molecule has 1 saturated heterocycles. The van der Waals surface area contributed by atoms with Crippen molar-refractivity contribution >= 4 is 11.9 Å². The Bertz CT molecular complexity index is 200. The SMILES string of the molecule is O=C(O)CCCC(=O)NC[C@@H]1CO1. The lowest BCUT2D eigenvalue weighted by Crippen LogP contribution is -2.27. The molecule has 0 aromatic carbocycles. The second-order valence-corrected chi connectivity index (χ2v) is 3.01. The van der Waals surface area contributed by atoms with Crippen molar-refractivity contribution in [3.8, 4) is 0 Å². The highest BCUT2D eigenvalue weighted by Crippen LogP contribution is 2.06. The molecule has 5 nitrogen and oxygen atoms in total. The molecule has 1 aliphatic rings. The number of ether oxygens (including phenoxy) is 1. The van der Waals surface area contributed by atoms with E-state index in [1.807, 2.05) is 0 Å². The van der Waals surface area contributed by atoms with Crippen molar-refractivity contribution in [1.29, 1.82) is 0 Å². The molecule has 0 radical (unpaired) electrons. The van der Waals surface area contributed by atoms with Crippen LogP contribution in [0, 0.1) is 0 Å². The molecule has 1 heterocycles. The number of hydrogen-bond donors (Lipinski definition) is 2. The Labute approximate surface area is 76.1 Å². The number of aliphatic carboxylic acids is 1. The fourth-order valence-corrected chi connectivity index (χ4v) is 0.902. The topological polar surface area (TPSA) is 78.9 Å². The van der Waals surface area contributed by atoms with E-state index in [0.29, 0.717) is 13.0 Å². The van der Waals surface area contributed by atoms with E-state index in [0.717, 1.165) is 6.61 Å². The molecule has 0 bridgehead atoms. The molecule has 0 aromatic rings. The average molecular weight is 187 g/mol. The molecule has 2 N–H and O–H groups in total. The number of nitrogens with one attached hydrogen (secondary N) is 1. The van der Waals surface area contributed by atoms with Gasteiger partial charge in [0, 0.05) is 19.4 Å². The lowest BCUT2D eigenvalue weighted by molar-refractivity contribution is -0.137. The van der Waals surface area contributed by atoms with Crippen LogP contribution in [0.25, 0.3) is 0 Å². The van der Waals surface area contributed by atoms with Gasteiger partial charge in [-0.15, -0.1) is 0 Å². The highest BCUT2D eigenvalue weighted by atomic mass is 16.6. The molecular formula is C8H13NO4. The van der Waals surface area contributed by atoms with Crippen molar-refractivity contribution < 1.29 is 19.4 Å². The normalized spacial score (nSPS) is 19.5. The molecule has 0 unspecified atom stereocenters. The molecular weight excluding hydrogens is 174 g/mol. The number of hydrogen-bond acceptors (Lipinski definition) is 3. The zero-order valence-electron chi connectivity index (χ0n) is 7.28. The summed E-state index contributed by atoms with van der Waals surface area (Å²) in [6.07, 6.45) is 0.905. The van der Waals surface area contributed by atoms with Gasteiger partial charge in [-0.2, -0.15) is 0 Å². The van der Waals surface area contributed by atoms with Gasteiger partial charge in [0.1, 0.15) is 0 Å². The fraction of sp³-hybridized carbons (Fsp3) is 0.750. The molecule has 5 heteroatoms. The summed E-state index contributed by atoms with van der Waals surface area (Å²) in [6.45, 7) is 1.27.